The van der Waals surface area contributed by atoms with E-state index in [2.05, 4.69) is 13.8 Å². The first kappa shape index (κ1) is 45.7. The van der Waals surface area contributed by atoms with Crippen molar-refractivity contribution in [2.24, 2.45) is 0 Å². The quantitative estimate of drug-likeness (QED) is 0.0365. The first-order valence-corrected chi connectivity index (χ1v) is 23.0. The van der Waals surface area contributed by atoms with E-state index in [1.54, 1.807) is 0 Å². The van der Waals surface area contributed by atoms with Gasteiger partial charge in [-0.15, -0.1) is 11.4 Å². The van der Waals surface area contributed by atoms with Crippen molar-refractivity contribution in [3.63, 3.8) is 0 Å². The second-order valence-electron chi connectivity index (χ2n) is 12.7. The van der Waals surface area contributed by atoms with Crippen molar-refractivity contribution in [3.8, 4) is 0 Å². The molecular weight excluding hydrogens is 655 g/mol. The predicted octanol–water partition coefficient (Wildman–Crippen LogP) is 13.8. The van der Waals surface area contributed by atoms with Crippen molar-refractivity contribution in [2.45, 2.75) is 219 Å². The van der Waals surface area contributed by atoms with Crippen LogP contribution in [0, 0.1) is 0 Å². The molecule has 0 aromatic rings. The fraction of sp³-hybridized carbons (Fsp3) is 1.00. The summed E-state index contributed by atoms with van der Waals surface area (Å²) in [6, 6.07) is 0. The number of hydrogen-bond acceptors (Lipinski definition) is 4. The maximum absolute atomic E-state index is 12.5. The van der Waals surface area contributed by atoms with Crippen LogP contribution in [-0.4, -0.2) is 12.4 Å². The summed E-state index contributed by atoms with van der Waals surface area (Å²) >= 11 is 6.66. The van der Waals surface area contributed by atoms with Crippen molar-refractivity contribution >= 4 is 28.9 Å². The molecule has 6 heteroatoms. The molecule has 0 amide bonds. The second kappa shape index (κ2) is 38.8. The molecule has 0 aliphatic rings. The van der Waals surface area contributed by atoms with Gasteiger partial charge in [0.25, 0.3) is 0 Å². The molecule has 0 fully saturated rings. The van der Waals surface area contributed by atoms with Crippen LogP contribution in [0.25, 0.3) is 0 Å². The summed E-state index contributed by atoms with van der Waals surface area (Å²) in [6.45, 7) is 5.16. The molecule has 0 N–H and O–H groups in total. The number of hydrogen-bond donors (Lipinski definition) is 0. The number of rotatable bonds is 36. The van der Waals surface area contributed by atoms with Gasteiger partial charge in [-0.1, -0.05) is 218 Å². The third kappa shape index (κ3) is 39.6. The van der Waals surface area contributed by atoms with Gasteiger partial charge in [-0.05, 0) is 18.6 Å². The first-order valence-electron chi connectivity index (χ1n) is 18.7. The smallest absolute Gasteiger partial charge is 0.0513 e. The normalized spacial score (nSPS) is 12.8. The molecule has 0 heterocycles. The summed E-state index contributed by atoms with van der Waals surface area (Å²) in [5.41, 5.74) is -2.87. The molecule has 0 aromatic carbocycles. The summed E-state index contributed by atoms with van der Waals surface area (Å²) in [7, 11) is 0. The van der Waals surface area contributed by atoms with Crippen molar-refractivity contribution < 1.29 is 30.5 Å². The Bertz CT molecular complexity index is 497. The molecule has 1 unspecified atom stereocenters. The van der Waals surface area contributed by atoms with Crippen molar-refractivity contribution in [3.05, 3.63) is 0 Å². The molecule has 0 saturated carbocycles. The maximum Gasteiger partial charge on any atom is 0.0513 e. The third-order valence-corrected chi connectivity index (χ3v) is 12.9. The Morgan fingerprint density at radius 1 is 0.429 bits per heavy atom. The van der Waals surface area contributed by atoms with E-state index >= 15 is 0 Å². The zero-order valence-electron chi connectivity index (χ0n) is 28.5. The van der Waals surface area contributed by atoms with Crippen LogP contribution in [0.15, 0.2) is 0 Å². The zero-order valence-corrected chi connectivity index (χ0v) is 33.1. The van der Waals surface area contributed by atoms with Gasteiger partial charge in [-0.3, -0.25) is 0 Å². The standard InChI is InChI=1S/C36H75O2PS2.Mo/c1-3-5-7-9-11-13-15-17-19-21-23-25-27-29-31-33-35-38-39(37,40)41-36-34-32-30-28-26-24-22-20-18-16-14-12-10-8-6-4-2;/h3-36H2,1-2H3,(H,37,40);/p-1. The Labute approximate surface area is 289 Å². The van der Waals surface area contributed by atoms with E-state index in [0.29, 0.717) is 6.61 Å². The monoisotopic (exact) mass is 731 g/mol. The minimum Gasteiger partial charge on any atom is -0.793 e. The Hall–Kier alpha value is 1.61. The molecule has 0 aliphatic carbocycles. The van der Waals surface area contributed by atoms with Gasteiger partial charge in [0.15, 0.2) is 0 Å². The van der Waals surface area contributed by atoms with E-state index in [4.69, 9.17) is 16.3 Å². The Kier molecular flexibility index (Phi) is 42.2. The zero-order chi connectivity index (χ0) is 30.0. The second-order valence-corrected chi connectivity index (χ2v) is 18.9. The van der Waals surface area contributed by atoms with Crippen LogP contribution in [0.1, 0.15) is 219 Å². The Morgan fingerprint density at radius 2 is 0.667 bits per heavy atom. The average Bonchev–Trinajstić information content (AvgIpc) is 2.96. The molecule has 2 nitrogen and oxygen atoms in total. The molecule has 0 saturated heterocycles. The van der Waals surface area contributed by atoms with Gasteiger partial charge in [0.05, 0.1) is 6.61 Å². The maximum atomic E-state index is 12.5. The van der Waals surface area contributed by atoms with Crippen LogP contribution < -0.4 is 4.89 Å². The van der Waals surface area contributed by atoms with Crippen molar-refractivity contribution in [2.75, 3.05) is 12.4 Å². The molecule has 0 aromatic heterocycles. The van der Waals surface area contributed by atoms with Crippen LogP contribution in [-0.2, 0) is 37.4 Å². The molecule has 0 radical (unpaired) electrons. The SMILES string of the molecule is CCCCCCCCCCCCCCCCCCOP([O-])(=S)SCCCCCCCCCCCCCCCCCC.[Mo]. The summed E-state index contributed by atoms with van der Waals surface area (Å²) < 4.78 is 5.61. The van der Waals surface area contributed by atoms with Gasteiger partial charge >= 0.3 is 0 Å². The molecule has 0 aliphatic heterocycles. The van der Waals surface area contributed by atoms with Crippen LogP contribution in [0.2, 0.25) is 0 Å². The van der Waals surface area contributed by atoms with Crippen molar-refractivity contribution in [1.29, 1.82) is 0 Å². The minimum absolute atomic E-state index is 0. The Balaban J connectivity index is 0. The van der Waals surface area contributed by atoms with Gasteiger partial charge in [0.1, 0.15) is 0 Å². The van der Waals surface area contributed by atoms with Crippen molar-refractivity contribution in [1.82, 2.24) is 0 Å². The topological polar surface area (TPSA) is 32.3 Å². The van der Waals surface area contributed by atoms with Crippen LogP contribution in [0.5, 0.6) is 0 Å². The van der Waals surface area contributed by atoms with E-state index < -0.39 is 5.69 Å². The first-order chi connectivity index (χ1) is 20.1. The van der Waals surface area contributed by atoms with Crippen LogP contribution in [0.4, 0.5) is 0 Å². The van der Waals surface area contributed by atoms with Gasteiger partial charge in [-0.2, -0.15) is 0 Å². The summed E-state index contributed by atoms with van der Waals surface area (Å²) in [5, 5.41) is 0. The van der Waals surface area contributed by atoms with E-state index in [9.17, 15) is 4.89 Å². The molecule has 0 bridgehead atoms. The Morgan fingerprint density at radius 3 is 0.952 bits per heavy atom. The third-order valence-electron chi connectivity index (χ3n) is 8.49. The van der Waals surface area contributed by atoms with Crippen LogP contribution >= 0.6 is 17.1 Å². The van der Waals surface area contributed by atoms with E-state index in [1.165, 1.54) is 204 Å². The van der Waals surface area contributed by atoms with E-state index in [0.717, 1.165) is 18.6 Å². The fourth-order valence-electron chi connectivity index (χ4n) is 5.69. The summed E-state index contributed by atoms with van der Waals surface area (Å²) in [5.74, 6) is 0.887. The largest absolute Gasteiger partial charge is 0.793 e. The molecule has 0 rings (SSSR count). The molecule has 1 atom stereocenters. The van der Waals surface area contributed by atoms with E-state index in [1.807, 2.05) is 0 Å². The van der Waals surface area contributed by atoms with Gasteiger partial charge < -0.3 is 9.42 Å². The fourth-order valence-corrected chi connectivity index (χ4v) is 9.07. The molecule has 42 heavy (non-hydrogen) atoms. The van der Waals surface area contributed by atoms with Gasteiger partial charge in [-0.25, -0.2) is 0 Å². The summed E-state index contributed by atoms with van der Waals surface area (Å²) in [6.07, 6.45) is 43.9. The minimum atomic E-state index is -2.87. The molecule has 254 valence electrons. The average molecular weight is 730 g/mol. The number of unbranched alkanes of at least 4 members (excludes halogenated alkanes) is 30. The van der Waals surface area contributed by atoms with Gasteiger partial charge in [0.2, 0.25) is 0 Å². The predicted molar refractivity (Wildman–Crippen MR) is 192 cm³/mol. The van der Waals surface area contributed by atoms with Gasteiger partial charge in [0, 0.05) is 26.8 Å². The molecule has 0 spiro atoms. The van der Waals surface area contributed by atoms with E-state index in [-0.39, 0.29) is 21.1 Å². The summed E-state index contributed by atoms with van der Waals surface area (Å²) in [4.78, 5) is 12.5. The molecular formula is C36H74MoO2PS2-. The van der Waals surface area contributed by atoms with Crippen LogP contribution in [0.3, 0.4) is 0 Å².